The van der Waals surface area contributed by atoms with Gasteiger partial charge in [-0.05, 0) is 26.2 Å². The average Bonchev–Trinajstić information content (AvgIpc) is 2.50. The lowest BCUT2D eigenvalue weighted by atomic mass is 10.1. The maximum Gasteiger partial charge on any atom is 0.153 e. The minimum atomic E-state index is -2.84. The van der Waals surface area contributed by atoms with Gasteiger partial charge in [0.25, 0.3) is 0 Å². The van der Waals surface area contributed by atoms with Crippen LogP contribution in [0.3, 0.4) is 0 Å². The van der Waals surface area contributed by atoms with Gasteiger partial charge >= 0.3 is 0 Å². The molecular formula is C10H19NO3S. The molecule has 2 aliphatic rings. The summed E-state index contributed by atoms with van der Waals surface area (Å²) >= 11 is 0. The summed E-state index contributed by atoms with van der Waals surface area (Å²) in [6.45, 7) is 2.53. The van der Waals surface area contributed by atoms with Crippen molar-refractivity contribution in [2.24, 2.45) is 0 Å². The lowest BCUT2D eigenvalue weighted by Crippen LogP contribution is -2.53. The van der Waals surface area contributed by atoms with Crippen molar-refractivity contribution < 1.29 is 13.5 Å². The van der Waals surface area contributed by atoms with Crippen LogP contribution < -0.4 is 0 Å². The van der Waals surface area contributed by atoms with Crippen LogP contribution >= 0.6 is 0 Å². The summed E-state index contributed by atoms with van der Waals surface area (Å²) in [5.74, 6) is 0.497. The maximum absolute atomic E-state index is 11.4. The standard InChI is InChI=1S/C10H19NO3S/c1-8-7-15(13,14)6-5-11(8)9-3-2-4-10(9)12/h8-10,12H,2-7H2,1H3/t8?,9-,10-/m0/s1. The van der Waals surface area contributed by atoms with Crippen molar-refractivity contribution in [3.63, 3.8) is 0 Å². The van der Waals surface area contributed by atoms with Crippen LogP contribution in [0.15, 0.2) is 0 Å². The van der Waals surface area contributed by atoms with Gasteiger partial charge in [0.2, 0.25) is 0 Å². The van der Waals surface area contributed by atoms with E-state index in [-0.39, 0.29) is 29.7 Å². The molecule has 5 heteroatoms. The molecule has 0 bridgehead atoms. The van der Waals surface area contributed by atoms with Crippen molar-refractivity contribution in [1.29, 1.82) is 0 Å². The van der Waals surface area contributed by atoms with E-state index < -0.39 is 9.84 Å². The Hall–Kier alpha value is -0.130. The second-order valence-corrected chi connectivity index (χ2v) is 7.00. The highest BCUT2D eigenvalue weighted by Gasteiger charge is 2.37. The number of hydrogen-bond acceptors (Lipinski definition) is 4. The highest BCUT2D eigenvalue weighted by Crippen LogP contribution is 2.27. The van der Waals surface area contributed by atoms with Crippen molar-refractivity contribution in [2.45, 2.75) is 44.4 Å². The Labute approximate surface area is 91.2 Å². The molecule has 15 heavy (non-hydrogen) atoms. The Morgan fingerprint density at radius 2 is 2.07 bits per heavy atom. The van der Waals surface area contributed by atoms with Crippen LogP contribution in [0.1, 0.15) is 26.2 Å². The number of nitrogens with zero attached hydrogens (tertiary/aromatic N) is 1. The SMILES string of the molecule is CC1CS(=O)(=O)CCN1[C@H]1CCC[C@@H]1O. The molecule has 1 saturated carbocycles. The van der Waals surface area contributed by atoms with Crippen molar-refractivity contribution in [3.8, 4) is 0 Å². The summed E-state index contributed by atoms with van der Waals surface area (Å²) in [5, 5.41) is 9.80. The summed E-state index contributed by atoms with van der Waals surface area (Å²) in [7, 11) is -2.84. The summed E-state index contributed by atoms with van der Waals surface area (Å²) in [4.78, 5) is 2.18. The zero-order chi connectivity index (χ0) is 11.1. The minimum absolute atomic E-state index is 0.0569. The van der Waals surface area contributed by atoms with Crippen LogP contribution in [0, 0.1) is 0 Å². The van der Waals surface area contributed by atoms with E-state index in [2.05, 4.69) is 4.90 Å². The molecule has 0 aromatic carbocycles. The highest BCUT2D eigenvalue weighted by molar-refractivity contribution is 7.91. The largest absolute Gasteiger partial charge is 0.391 e. The van der Waals surface area contributed by atoms with Crippen molar-refractivity contribution >= 4 is 9.84 Å². The zero-order valence-corrected chi connectivity index (χ0v) is 9.91. The van der Waals surface area contributed by atoms with E-state index in [0.717, 1.165) is 19.3 Å². The van der Waals surface area contributed by atoms with Gasteiger partial charge in [0.1, 0.15) is 0 Å². The summed E-state index contributed by atoms with van der Waals surface area (Å²) < 4.78 is 22.8. The second kappa shape index (κ2) is 4.03. The fourth-order valence-electron chi connectivity index (χ4n) is 2.81. The van der Waals surface area contributed by atoms with Gasteiger partial charge in [-0.2, -0.15) is 0 Å². The van der Waals surface area contributed by atoms with Gasteiger partial charge in [-0.15, -0.1) is 0 Å². The number of rotatable bonds is 1. The smallest absolute Gasteiger partial charge is 0.153 e. The molecule has 1 N–H and O–H groups in total. The van der Waals surface area contributed by atoms with Crippen LogP contribution in [0.4, 0.5) is 0 Å². The molecule has 1 aliphatic heterocycles. The molecular weight excluding hydrogens is 214 g/mol. The Kier molecular flexibility index (Phi) is 3.05. The molecule has 1 heterocycles. The van der Waals surface area contributed by atoms with Crippen molar-refractivity contribution in [3.05, 3.63) is 0 Å². The highest BCUT2D eigenvalue weighted by atomic mass is 32.2. The fourth-order valence-corrected chi connectivity index (χ4v) is 4.39. The second-order valence-electron chi connectivity index (χ2n) is 4.77. The Balaban J connectivity index is 2.05. The monoisotopic (exact) mass is 233 g/mol. The first-order valence-corrected chi connectivity index (χ1v) is 7.46. The molecule has 2 rings (SSSR count). The van der Waals surface area contributed by atoms with Gasteiger partial charge in [-0.3, -0.25) is 4.90 Å². The molecule has 0 aromatic rings. The zero-order valence-electron chi connectivity index (χ0n) is 9.09. The van der Waals surface area contributed by atoms with Crippen LogP contribution in [-0.2, 0) is 9.84 Å². The Bertz CT molecular complexity index is 328. The molecule has 0 radical (unpaired) electrons. The summed E-state index contributed by atoms with van der Waals surface area (Å²) in [5.41, 5.74) is 0. The quantitative estimate of drug-likeness (QED) is 0.693. The number of aliphatic hydroxyl groups excluding tert-OH is 1. The average molecular weight is 233 g/mol. The molecule has 2 fully saturated rings. The van der Waals surface area contributed by atoms with Crippen molar-refractivity contribution in [2.75, 3.05) is 18.1 Å². The maximum atomic E-state index is 11.4. The predicted molar refractivity (Wildman–Crippen MR) is 58.5 cm³/mol. The summed E-state index contributed by atoms with van der Waals surface area (Å²) in [6, 6.07) is 0.247. The number of sulfone groups is 1. The van der Waals surface area contributed by atoms with Crippen molar-refractivity contribution in [1.82, 2.24) is 4.90 Å². The van der Waals surface area contributed by atoms with Crippen LogP contribution in [0.5, 0.6) is 0 Å². The first kappa shape index (κ1) is 11.4. The third-order valence-electron chi connectivity index (χ3n) is 3.59. The van der Waals surface area contributed by atoms with E-state index in [1.54, 1.807) is 0 Å². The molecule has 1 unspecified atom stereocenters. The molecule has 3 atom stereocenters. The lowest BCUT2D eigenvalue weighted by Gasteiger charge is -2.39. The molecule has 1 aliphatic carbocycles. The third-order valence-corrected chi connectivity index (χ3v) is 5.39. The molecule has 1 saturated heterocycles. The van der Waals surface area contributed by atoms with E-state index in [4.69, 9.17) is 0 Å². The van der Waals surface area contributed by atoms with Gasteiger partial charge in [-0.1, -0.05) is 0 Å². The lowest BCUT2D eigenvalue weighted by molar-refractivity contribution is 0.0540. The Morgan fingerprint density at radius 3 is 2.60 bits per heavy atom. The van der Waals surface area contributed by atoms with Crippen LogP contribution in [0.25, 0.3) is 0 Å². The van der Waals surface area contributed by atoms with E-state index in [1.165, 1.54) is 0 Å². The fraction of sp³-hybridized carbons (Fsp3) is 1.00. The van der Waals surface area contributed by atoms with Gasteiger partial charge in [0, 0.05) is 18.6 Å². The molecule has 88 valence electrons. The normalized spacial score (nSPS) is 41.9. The number of aliphatic hydroxyl groups is 1. The van der Waals surface area contributed by atoms with E-state index in [9.17, 15) is 13.5 Å². The molecule has 0 aromatic heterocycles. The molecule has 0 spiro atoms. The topological polar surface area (TPSA) is 57.6 Å². The van der Waals surface area contributed by atoms with E-state index in [0.29, 0.717) is 6.54 Å². The van der Waals surface area contributed by atoms with Gasteiger partial charge in [0.15, 0.2) is 9.84 Å². The van der Waals surface area contributed by atoms with Gasteiger partial charge < -0.3 is 5.11 Å². The van der Waals surface area contributed by atoms with E-state index in [1.807, 2.05) is 6.92 Å². The molecule has 4 nitrogen and oxygen atoms in total. The predicted octanol–water partition coefficient (Wildman–Crippen LogP) is 0.0187. The molecule has 0 amide bonds. The van der Waals surface area contributed by atoms with E-state index >= 15 is 0 Å². The number of hydrogen-bond donors (Lipinski definition) is 1. The minimum Gasteiger partial charge on any atom is -0.391 e. The van der Waals surface area contributed by atoms with Gasteiger partial charge in [0.05, 0.1) is 17.6 Å². The third kappa shape index (κ3) is 2.34. The van der Waals surface area contributed by atoms with Gasteiger partial charge in [-0.25, -0.2) is 8.42 Å². The van der Waals surface area contributed by atoms with Crippen LogP contribution in [-0.4, -0.2) is 54.7 Å². The Morgan fingerprint density at radius 1 is 1.33 bits per heavy atom. The first-order chi connectivity index (χ1) is 6.99. The summed E-state index contributed by atoms with van der Waals surface area (Å²) in [6.07, 6.45) is 2.67. The first-order valence-electron chi connectivity index (χ1n) is 5.64. The van der Waals surface area contributed by atoms with Crippen LogP contribution in [0.2, 0.25) is 0 Å².